The van der Waals surface area contributed by atoms with Gasteiger partial charge in [-0.2, -0.15) is 0 Å². The van der Waals surface area contributed by atoms with Crippen LogP contribution in [-0.2, 0) is 11.3 Å². The van der Waals surface area contributed by atoms with Gasteiger partial charge in [-0.25, -0.2) is 0 Å². The Morgan fingerprint density at radius 3 is 2.63 bits per heavy atom. The number of hydrogen-bond donors (Lipinski definition) is 2. The van der Waals surface area contributed by atoms with Gasteiger partial charge in [-0.05, 0) is 12.5 Å². The van der Waals surface area contributed by atoms with E-state index in [-0.39, 0.29) is 35.7 Å². The third-order valence-corrected chi connectivity index (χ3v) is 2.83. The van der Waals surface area contributed by atoms with Gasteiger partial charge in [0.15, 0.2) is 0 Å². The van der Waals surface area contributed by atoms with Crippen molar-refractivity contribution in [3.63, 3.8) is 0 Å². The lowest BCUT2D eigenvalue weighted by Crippen LogP contribution is -2.27. The van der Waals surface area contributed by atoms with Crippen LogP contribution < -0.4 is 15.8 Å². The lowest BCUT2D eigenvalue weighted by Gasteiger charge is -2.13. The fourth-order valence-electron chi connectivity index (χ4n) is 1.70. The van der Waals surface area contributed by atoms with Crippen molar-refractivity contribution in [2.24, 2.45) is 11.7 Å². The molecule has 2 rings (SSSR count). The number of carbonyl (C=O) groups is 1. The molecule has 1 aromatic carbocycles. The molecule has 19 heavy (non-hydrogen) atoms. The molecule has 1 aliphatic carbocycles. The second-order valence-electron chi connectivity index (χ2n) is 4.38. The number of benzene rings is 1. The summed E-state index contributed by atoms with van der Waals surface area (Å²) in [4.78, 5) is 11.5. The van der Waals surface area contributed by atoms with Gasteiger partial charge in [0.05, 0.1) is 5.92 Å². The van der Waals surface area contributed by atoms with E-state index in [1.807, 2.05) is 0 Å². The fraction of sp³-hybridized carbons (Fsp3) is 0.417. The van der Waals surface area contributed by atoms with Crippen LogP contribution in [0.5, 0.6) is 5.75 Å². The summed E-state index contributed by atoms with van der Waals surface area (Å²) in [6.45, 7) is -0.0195. The Balaban J connectivity index is 1.97. The number of nitrogens with two attached hydrogens (primary N) is 1. The van der Waals surface area contributed by atoms with E-state index < -0.39 is 6.36 Å². The minimum Gasteiger partial charge on any atom is -0.405 e. The standard InChI is InChI=1S/C12H13F3N2O2/c13-12(14,15)19-10-4-2-1-3-7(10)6-17-11(18)8-5-9(8)16/h1-4,8-9H,5-6,16H2,(H,17,18). The molecular formula is C12H13F3N2O2. The van der Waals surface area contributed by atoms with Gasteiger partial charge in [-0.15, -0.1) is 13.2 Å². The van der Waals surface area contributed by atoms with Gasteiger partial charge in [-0.3, -0.25) is 4.79 Å². The molecular weight excluding hydrogens is 261 g/mol. The average molecular weight is 274 g/mol. The molecule has 104 valence electrons. The van der Waals surface area contributed by atoms with Crippen molar-refractivity contribution in [1.29, 1.82) is 0 Å². The van der Waals surface area contributed by atoms with Gasteiger partial charge in [0.1, 0.15) is 5.75 Å². The highest BCUT2D eigenvalue weighted by molar-refractivity contribution is 5.82. The molecule has 0 saturated heterocycles. The molecule has 2 unspecified atom stereocenters. The number of amides is 1. The Labute approximate surface area is 107 Å². The van der Waals surface area contributed by atoms with E-state index in [9.17, 15) is 18.0 Å². The molecule has 0 heterocycles. The van der Waals surface area contributed by atoms with Gasteiger partial charge < -0.3 is 15.8 Å². The lowest BCUT2D eigenvalue weighted by molar-refractivity contribution is -0.274. The van der Waals surface area contributed by atoms with E-state index >= 15 is 0 Å². The first-order valence-electron chi connectivity index (χ1n) is 5.74. The van der Waals surface area contributed by atoms with Crippen molar-refractivity contribution < 1.29 is 22.7 Å². The quantitative estimate of drug-likeness (QED) is 0.875. The number of hydrogen-bond acceptors (Lipinski definition) is 3. The van der Waals surface area contributed by atoms with E-state index in [1.54, 1.807) is 6.07 Å². The summed E-state index contributed by atoms with van der Waals surface area (Å²) >= 11 is 0. The first kappa shape index (κ1) is 13.7. The van der Waals surface area contributed by atoms with Gasteiger partial charge >= 0.3 is 6.36 Å². The molecule has 0 bridgehead atoms. The second-order valence-corrected chi connectivity index (χ2v) is 4.38. The van der Waals surface area contributed by atoms with Gasteiger partial charge in [-0.1, -0.05) is 18.2 Å². The summed E-state index contributed by atoms with van der Waals surface area (Å²) in [5, 5.41) is 2.55. The van der Waals surface area contributed by atoms with Crippen LogP contribution in [0.15, 0.2) is 24.3 Å². The number of carbonyl (C=O) groups excluding carboxylic acids is 1. The van der Waals surface area contributed by atoms with Gasteiger partial charge in [0, 0.05) is 18.2 Å². The average Bonchev–Trinajstić information content (AvgIpc) is 3.03. The normalized spacial score (nSPS) is 21.9. The van der Waals surface area contributed by atoms with Crippen LogP contribution in [0.4, 0.5) is 13.2 Å². The van der Waals surface area contributed by atoms with Crippen LogP contribution >= 0.6 is 0 Å². The molecule has 4 nitrogen and oxygen atoms in total. The van der Waals surface area contributed by atoms with Crippen molar-refractivity contribution in [2.75, 3.05) is 0 Å². The summed E-state index contributed by atoms with van der Waals surface area (Å²) in [7, 11) is 0. The SMILES string of the molecule is NC1CC1C(=O)NCc1ccccc1OC(F)(F)F. The summed E-state index contributed by atoms with van der Waals surface area (Å²) in [6, 6.07) is 5.55. The van der Waals surface area contributed by atoms with E-state index in [1.165, 1.54) is 18.2 Å². The first-order chi connectivity index (χ1) is 8.87. The lowest BCUT2D eigenvalue weighted by atomic mass is 10.2. The Hall–Kier alpha value is -1.76. The van der Waals surface area contributed by atoms with Crippen LogP contribution in [0, 0.1) is 5.92 Å². The maximum Gasteiger partial charge on any atom is 0.573 e. The van der Waals surface area contributed by atoms with Crippen molar-refractivity contribution in [1.82, 2.24) is 5.32 Å². The highest BCUT2D eigenvalue weighted by Crippen LogP contribution is 2.29. The highest BCUT2D eigenvalue weighted by Gasteiger charge is 2.39. The number of para-hydroxylation sites is 1. The summed E-state index contributed by atoms with van der Waals surface area (Å²) < 4.78 is 40.4. The van der Waals surface area contributed by atoms with Gasteiger partial charge in [0.25, 0.3) is 0 Å². The maximum atomic E-state index is 12.2. The smallest absolute Gasteiger partial charge is 0.405 e. The van der Waals surface area contributed by atoms with E-state index in [0.717, 1.165) is 0 Å². The predicted octanol–water partition coefficient (Wildman–Crippen LogP) is 1.55. The zero-order chi connectivity index (χ0) is 14.0. The number of halogens is 3. The third-order valence-electron chi connectivity index (χ3n) is 2.83. The van der Waals surface area contributed by atoms with Crippen LogP contribution in [0.3, 0.4) is 0 Å². The van der Waals surface area contributed by atoms with Crippen molar-refractivity contribution >= 4 is 5.91 Å². The minimum absolute atomic E-state index is 0.0195. The molecule has 1 saturated carbocycles. The number of alkyl halides is 3. The van der Waals surface area contributed by atoms with Gasteiger partial charge in [0.2, 0.25) is 5.91 Å². The molecule has 7 heteroatoms. The van der Waals surface area contributed by atoms with Crippen molar-refractivity contribution in [3.05, 3.63) is 29.8 Å². The van der Waals surface area contributed by atoms with Crippen LogP contribution in [-0.4, -0.2) is 18.3 Å². The molecule has 0 aromatic heterocycles. The Bertz CT molecular complexity index is 476. The summed E-state index contributed by atoms with van der Waals surface area (Å²) in [5.74, 6) is -0.777. The molecule has 1 aliphatic rings. The molecule has 1 aromatic rings. The predicted molar refractivity (Wildman–Crippen MR) is 61.1 cm³/mol. The van der Waals surface area contributed by atoms with E-state index in [0.29, 0.717) is 6.42 Å². The van der Waals surface area contributed by atoms with Crippen molar-refractivity contribution in [3.8, 4) is 5.75 Å². The molecule has 1 amide bonds. The Morgan fingerprint density at radius 1 is 1.42 bits per heavy atom. The number of nitrogens with one attached hydrogen (secondary N) is 1. The molecule has 0 spiro atoms. The van der Waals surface area contributed by atoms with E-state index in [2.05, 4.69) is 10.1 Å². The van der Waals surface area contributed by atoms with Crippen molar-refractivity contribution in [2.45, 2.75) is 25.4 Å². The summed E-state index contributed by atoms with van der Waals surface area (Å²) in [6.07, 6.45) is -4.13. The van der Waals surface area contributed by atoms with Crippen LogP contribution in [0.2, 0.25) is 0 Å². The number of ether oxygens (including phenoxy) is 1. The topological polar surface area (TPSA) is 64.4 Å². The first-order valence-corrected chi connectivity index (χ1v) is 5.74. The molecule has 0 aliphatic heterocycles. The zero-order valence-corrected chi connectivity index (χ0v) is 9.91. The minimum atomic E-state index is -4.75. The largest absolute Gasteiger partial charge is 0.573 e. The number of rotatable bonds is 4. The third kappa shape index (κ3) is 3.85. The molecule has 2 atom stereocenters. The van der Waals surface area contributed by atoms with E-state index in [4.69, 9.17) is 5.73 Å². The highest BCUT2D eigenvalue weighted by atomic mass is 19.4. The van der Waals surface area contributed by atoms with Crippen LogP contribution in [0.25, 0.3) is 0 Å². The Morgan fingerprint density at radius 2 is 2.05 bits per heavy atom. The molecule has 3 N–H and O–H groups in total. The summed E-state index contributed by atoms with van der Waals surface area (Å²) in [5.41, 5.74) is 5.78. The fourth-order valence-corrected chi connectivity index (χ4v) is 1.70. The monoisotopic (exact) mass is 274 g/mol. The zero-order valence-electron chi connectivity index (χ0n) is 9.91. The molecule has 1 fully saturated rings. The second kappa shape index (κ2) is 5.08. The van der Waals surface area contributed by atoms with Crippen LogP contribution in [0.1, 0.15) is 12.0 Å². The Kier molecular flexibility index (Phi) is 3.66. The maximum absolute atomic E-state index is 12.2. The molecule has 0 radical (unpaired) electrons.